The topological polar surface area (TPSA) is 72.2 Å². The van der Waals surface area contributed by atoms with Gasteiger partial charge < -0.3 is 5.32 Å². The van der Waals surface area contributed by atoms with Gasteiger partial charge in [-0.1, -0.05) is 32.4 Å². The minimum Gasteiger partial charge on any atom is -0.384 e. The summed E-state index contributed by atoms with van der Waals surface area (Å²) in [6, 6.07) is 6.71. The fourth-order valence-electron chi connectivity index (χ4n) is 1.52. The molecule has 1 aromatic rings. The first kappa shape index (κ1) is 14.0. The Kier molecular flexibility index (Phi) is 4.96. The lowest BCUT2D eigenvalue weighted by Crippen LogP contribution is -2.16. The normalized spacial score (nSPS) is 13.4. The second-order valence-corrected chi connectivity index (χ2v) is 5.80. The molecule has 3 N–H and O–H groups in total. The highest BCUT2D eigenvalue weighted by Gasteiger charge is 2.12. The molecule has 0 aliphatic heterocycles. The van der Waals surface area contributed by atoms with Gasteiger partial charge in [0.25, 0.3) is 0 Å². The molecule has 1 rings (SSSR count). The van der Waals surface area contributed by atoms with E-state index in [1.54, 1.807) is 18.2 Å². The molecule has 1 atom stereocenters. The van der Waals surface area contributed by atoms with Crippen LogP contribution in [0.15, 0.2) is 29.2 Å². The molecule has 0 amide bonds. The van der Waals surface area contributed by atoms with E-state index in [1.165, 1.54) is 6.07 Å². The number of anilines is 1. The molecule has 0 aromatic heterocycles. The lowest BCUT2D eigenvalue weighted by molar-refractivity contribution is 0.531. The summed E-state index contributed by atoms with van der Waals surface area (Å²) in [5.74, 6) is 0.629. The van der Waals surface area contributed by atoms with E-state index in [9.17, 15) is 8.42 Å². The molecule has 0 aliphatic rings. The predicted octanol–water partition coefficient (Wildman–Crippen LogP) is 2.18. The van der Waals surface area contributed by atoms with Crippen molar-refractivity contribution in [2.24, 2.45) is 11.1 Å². The summed E-state index contributed by atoms with van der Waals surface area (Å²) >= 11 is 0. The van der Waals surface area contributed by atoms with E-state index in [4.69, 9.17) is 5.14 Å². The van der Waals surface area contributed by atoms with Crippen molar-refractivity contribution >= 4 is 15.7 Å². The summed E-state index contributed by atoms with van der Waals surface area (Å²) in [6.45, 7) is 5.07. The van der Waals surface area contributed by atoms with Crippen LogP contribution in [0.5, 0.6) is 0 Å². The number of sulfonamides is 1. The van der Waals surface area contributed by atoms with Crippen molar-refractivity contribution in [1.29, 1.82) is 0 Å². The quantitative estimate of drug-likeness (QED) is 0.819. The molecule has 17 heavy (non-hydrogen) atoms. The Bertz CT molecular complexity index is 457. The van der Waals surface area contributed by atoms with Crippen LogP contribution in [0.4, 0.5) is 5.69 Å². The van der Waals surface area contributed by atoms with Gasteiger partial charge in [0.2, 0.25) is 10.0 Å². The van der Waals surface area contributed by atoms with E-state index in [1.807, 2.05) is 0 Å². The average Bonchev–Trinajstić information content (AvgIpc) is 2.28. The van der Waals surface area contributed by atoms with Crippen LogP contribution in [0.3, 0.4) is 0 Å². The highest BCUT2D eigenvalue weighted by atomic mass is 32.2. The average molecular weight is 256 g/mol. The number of hydrogen-bond donors (Lipinski definition) is 2. The monoisotopic (exact) mass is 256 g/mol. The third-order valence-corrected chi connectivity index (χ3v) is 3.81. The number of benzene rings is 1. The van der Waals surface area contributed by atoms with Crippen molar-refractivity contribution in [2.75, 3.05) is 11.9 Å². The van der Waals surface area contributed by atoms with E-state index < -0.39 is 10.0 Å². The van der Waals surface area contributed by atoms with Gasteiger partial charge in [0.15, 0.2) is 0 Å². The van der Waals surface area contributed by atoms with Crippen molar-refractivity contribution in [2.45, 2.75) is 31.6 Å². The third-order valence-electron chi connectivity index (χ3n) is 2.84. The van der Waals surface area contributed by atoms with Crippen LogP contribution in [-0.4, -0.2) is 15.0 Å². The Morgan fingerprint density at radius 3 is 2.59 bits per heavy atom. The van der Waals surface area contributed by atoms with E-state index in [2.05, 4.69) is 19.2 Å². The lowest BCUT2D eigenvalue weighted by atomic mass is 10.1. The van der Waals surface area contributed by atoms with Crippen LogP contribution in [0, 0.1) is 5.92 Å². The largest absolute Gasteiger partial charge is 0.384 e. The predicted molar refractivity (Wildman–Crippen MR) is 70.4 cm³/mol. The molecule has 1 unspecified atom stereocenters. The van der Waals surface area contributed by atoms with Gasteiger partial charge in [-0.25, -0.2) is 13.6 Å². The van der Waals surface area contributed by atoms with Crippen LogP contribution in [0.1, 0.15) is 26.7 Å². The van der Waals surface area contributed by atoms with Crippen LogP contribution < -0.4 is 10.5 Å². The standard InChI is InChI=1S/C12H20N2O2S/c1-3-10(2)8-9-14-11-6-4-5-7-12(11)17(13,15)16/h4-7,10,14H,3,8-9H2,1-2H3,(H2,13,15,16). The van der Waals surface area contributed by atoms with Crippen molar-refractivity contribution in [3.8, 4) is 0 Å². The van der Waals surface area contributed by atoms with Gasteiger partial charge in [-0.3, -0.25) is 0 Å². The number of primary sulfonamides is 1. The van der Waals surface area contributed by atoms with Crippen molar-refractivity contribution in [3.63, 3.8) is 0 Å². The minimum absolute atomic E-state index is 0.157. The Labute approximate surface area is 103 Å². The highest BCUT2D eigenvalue weighted by molar-refractivity contribution is 7.89. The number of para-hydroxylation sites is 1. The molecule has 0 fully saturated rings. The molecule has 0 aliphatic carbocycles. The van der Waals surface area contributed by atoms with Gasteiger partial charge >= 0.3 is 0 Å². The summed E-state index contributed by atoms with van der Waals surface area (Å²) in [5.41, 5.74) is 0.582. The Hall–Kier alpha value is -1.07. The maximum absolute atomic E-state index is 11.3. The zero-order valence-corrected chi connectivity index (χ0v) is 11.1. The number of nitrogens with two attached hydrogens (primary N) is 1. The maximum Gasteiger partial charge on any atom is 0.240 e. The maximum atomic E-state index is 11.3. The van der Waals surface area contributed by atoms with Gasteiger partial charge in [0.05, 0.1) is 5.69 Å². The molecule has 0 heterocycles. The second kappa shape index (κ2) is 6.02. The third kappa shape index (κ3) is 4.36. The van der Waals surface area contributed by atoms with Crippen molar-refractivity contribution in [3.05, 3.63) is 24.3 Å². The van der Waals surface area contributed by atoms with Crippen LogP contribution >= 0.6 is 0 Å². The van der Waals surface area contributed by atoms with Crippen LogP contribution in [0.25, 0.3) is 0 Å². The number of rotatable bonds is 6. The molecule has 4 nitrogen and oxygen atoms in total. The summed E-state index contributed by atoms with van der Waals surface area (Å²) < 4.78 is 22.7. The van der Waals surface area contributed by atoms with Gasteiger partial charge in [-0.2, -0.15) is 0 Å². The molecule has 0 saturated carbocycles. The molecular weight excluding hydrogens is 236 g/mol. The zero-order valence-electron chi connectivity index (χ0n) is 10.3. The smallest absolute Gasteiger partial charge is 0.240 e. The first-order valence-corrected chi connectivity index (χ1v) is 7.35. The first-order valence-electron chi connectivity index (χ1n) is 5.81. The second-order valence-electron chi connectivity index (χ2n) is 4.27. The van der Waals surface area contributed by atoms with Gasteiger partial charge in [-0.15, -0.1) is 0 Å². The van der Waals surface area contributed by atoms with E-state index in [0.29, 0.717) is 11.6 Å². The van der Waals surface area contributed by atoms with Gasteiger partial charge in [0.1, 0.15) is 4.90 Å². The SMILES string of the molecule is CCC(C)CCNc1ccccc1S(N)(=O)=O. The van der Waals surface area contributed by atoms with Gasteiger partial charge in [-0.05, 0) is 24.5 Å². The summed E-state index contributed by atoms with van der Waals surface area (Å²) in [5, 5.41) is 8.27. The fraction of sp³-hybridized carbons (Fsp3) is 0.500. The van der Waals surface area contributed by atoms with Gasteiger partial charge in [0, 0.05) is 6.54 Å². The lowest BCUT2D eigenvalue weighted by Gasteiger charge is -2.12. The highest BCUT2D eigenvalue weighted by Crippen LogP contribution is 2.19. The molecule has 0 radical (unpaired) electrons. The molecule has 1 aromatic carbocycles. The Balaban J connectivity index is 2.72. The van der Waals surface area contributed by atoms with E-state index >= 15 is 0 Å². The molecule has 0 spiro atoms. The first-order chi connectivity index (χ1) is 7.95. The zero-order chi connectivity index (χ0) is 12.9. The van der Waals surface area contributed by atoms with Crippen molar-refractivity contribution in [1.82, 2.24) is 0 Å². The van der Waals surface area contributed by atoms with Crippen LogP contribution in [-0.2, 0) is 10.0 Å². The fourth-order valence-corrected chi connectivity index (χ4v) is 2.23. The summed E-state index contributed by atoms with van der Waals surface area (Å²) in [7, 11) is -3.65. The summed E-state index contributed by atoms with van der Waals surface area (Å²) in [4.78, 5) is 0.157. The Morgan fingerprint density at radius 1 is 1.35 bits per heavy atom. The molecule has 0 bridgehead atoms. The molecule has 0 saturated heterocycles. The number of nitrogens with one attached hydrogen (secondary N) is 1. The molecule has 5 heteroatoms. The molecule has 96 valence electrons. The van der Waals surface area contributed by atoms with Crippen molar-refractivity contribution < 1.29 is 8.42 Å². The Morgan fingerprint density at radius 2 is 2.00 bits per heavy atom. The van der Waals surface area contributed by atoms with E-state index in [0.717, 1.165) is 19.4 Å². The number of hydrogen-bond acceptors (Lipinski definition) is 3. The summed E-state index contributed by atoms with van der Waals surface area (Å²) in [6.07, 6.45) is 2.13. The van der Waals surface area contributed by atoms with Crippen LogP contribution in [0.2, 0.25) is 0 Å². The minimum atomic E-state index is -3.65. The molecular formula is C12H20N2O2S. The van der Waals surface area contributed by atoms with E-state index in [-0.39, 0.29) is 4.90 Å².